The number of imidazole rings is 1. The second kappa shape index (κ2) is 6.07. The highest BCUT2D eigenvalue weighted by Crippen LogP contribution is 2.26. The molecule has 0 spiro atoms. The lowest BCUT2D eigenvalue weighted by molar-refractivity contribution is 0.295. The Balaban J connectivity index is 1.82. The van der Waals surface area contributed by atoms with Crippen molar-refractivity contribution in [3.63, 3.8) is 0 Å². The van der Waals surface area contributed by atoms with Crippen LogP contribution in [0.4, 0.5) is 0 Å². The van der Waals surface area contributed by atoms with Gasteiger partial charge in [-0.3, -0.25) is 0 Å². The summed E-state index contributed by atoms with van der Waals surface area (Å²) in [6.07, 6.45) is 0. The highest BCUT2D eigenvalue weighted by atomic mass is 16.5. The maximum absolute atomic E-state index is 5.90. The molecule has 0 saturated heterocycles. The van der Waals surface area contributed by atoms with Gasteiger partial charge in [-0.2, -0.15) is 0 Å². The minimum absolute atomic E-state index is 0.00286. The maximum atomic E-state index is 5.90. The van der Waals surface area contributed by atoms with E-state index in [1.165, 1.54) is 11.1 Å². The van der Waals surface area contributed by atoms with Crippen LogP contribution in [0, 0.1) is 6.92 Å². The van der Waals surface area contributed by atoms with Crippen molar-refractivity contribution in [1.29, 1.82) is 0 Å². The lowest BCUT2D eigenvalue weighted by Gasteiger charge is -2.20. The summed E-state index contributed by atoms with van der Waals surface area (Å²) in [5.41, 5.74) is 3.47. The van der Waals surface area contributed by atoms with Gasteiger partial charge in [-0.1, -0.05) is 50.6 Å². The van der Waals surface area contributed by atoms with Crippen LogP contribution < -0.4 is 4.74 Å². The minimum Gasteiger partial charge on any atom is -0.492 e. The number of para-hydroxylation sites is 2. The molecule has 1 heterocycles. The molecule has 2 aromatic carbocycles. The van der Waals surface area contributed by atoms with E-state index in [-0.39, 0.29) is 5.41 Å². The largest absolute Gasteiger partial charge is 0.492 e. The fraction of sp³-hybridized carbons (Fsp3) is 0.350. The highest BCUT2D eigenvalue weighted by Gasteiger charge is 2.22. The monoisotopic (exact) mass is 308 g/mol. The quantitative estimate of drug-likeness (QED) is 0.697. The van der Waals surface area contributed by atoms with Gasteiger partial charge in [0, 0.05) is 5.41 Å². The van der Waals surface area contributed by atoms with Crippen LogP contribution in [0.1, 0.15) is 32.2 Å². The molecule has 3 heteroatoms. The van der Waals surface area contributed by atoms with Crippen molar-refractivity contribution in [2.45, 2.75) is 39.7 Å². The first-order chi connectivity index (χ1) is 10.9. The van der Waals surface area contributed by atoms with Crippen molar-refractivity contribution in [2.24, 2.45) is 0 Å². The fourth-order valence-corrected chi connectivity index (χ4v) is 2.76. The smallest absolute Gasteiger partial charge is 0.119 e. The van der Waals surface area contributed by atoms with E-state index in [9.17, 15) is 0 Å². The van der Waals surface area contributed by atoms with Crippen LogP contribution in [0.5, 0.6) is 5.75 Å². The maximum Gasteiger partial charge on any atom is 0.119 e. The summed E-state index contributed by atoms with van der Waals surface area (Å²) in [5.74, 6) is 2.02. The molecule has 0 bridgehead atoms. The molecule has 0 fully saturated rings. The minimum atomic E-state index is 0.00286. The Hall–Kier alpha value is -2.29. The lowest BCUT2D eigenvalue weighted by atomic mass is 9.95. The van der Waals surface area contributed by atoms with Gasteiger partial charge in [-0.25, -0.2) is 4.98 Å². The van der Waals surface area contributed by atoms with E-state index in [1.807, 2.05) is 18.2 Å². The number of rotatable bonds is 4. The van der Waals surface area contributed by atoms with Gasteiger partial charge in [0.15, 0.2) is 0 Å². The van der Waals surface area contributed by atoms with E-state index in [0.29, 0.717) is 6.61 Å². The molecule has 0 atom stereocenters. The number of aromatic nitrogens is 2. The molecule has 1 aromatic heterocycles. The third-order valence-corrected chi connectivity index (χ3v) is 3.93. The van der Waals surface area contributed by atoms with Crippen molar-refractivity contribution < 1.29 is 4.74 Å². The second-order valence-corrected chi connectivity index (χ2v) is 6.99. The summed E-state index contributed by atoms with van der Waals surface area (Å²) in [6.45, 7) is 10.1. The first-order valence-electron chi connectivity index (χ1n) is 8.10. The number of hydrogen-bond acceptors (Lipinski definition) is 2. The van der Waals surface area contributed by atoms with Crippen molar-refractivity contribution in [1.82, 2.24) is 9.55 Å². The molecule has 23 heavy (non-hydrogen) atoms. The van der Waals surface area contributed by atoms with Crippen molar-refractivity contribution in [3.05, 3.63) is 59.9 Å². The molecule has 0 aliphatic heterocycles. The van der Waals surface area contributed by atoms with E-state index in [4.69, 9.17) is 9.72 Å². The van der Waals surface area contributed by atoms with Gasteiger partial charge in [0.2, 0.25) is 0 Å². The van der Waals surface area contributed by atoms with E-state index in [1.54, 1.807) is 0 Å². The van der Waals surface area contributed by atoms with Crippen molar-refractivity contribution >= 4 is 11.0 Å². The molecule has 0 saturated carbocycles. The van der Waals surface area contributed by atoms with Gasteiger partial charge in [0.05, 0.1) is 17.6 Å². The van der Waals surface area contributed by atoms with E-state index < -0.39 is 0 Å². The van der Waals surface area contributed by atoms with Crippen LogP contribution in [-0.2, 0) is 12.0 Å². The summed E-state index contributed by atoms with van der Waals surface area (Å²) in [6, 6.07) is 16.5. The lowest BCUT2D eigenvalue weighted by Crippen LogP contribution is -2.21. The highest BCUT2D eigenvalue weighted by molar-refractivity contribution is 5.76. The Kier molecular flexibility index (Phi) is 4.12. The Bertz CT molecular complexity index is 795. The predicted molar refractivity (Wildman–Crippen MR) is 95.1 cm³/mol. The number of hydrogen-bond donors (Lipinski definition) is 0. The Morgan fingerprint density at radius 1 is 1.00 bits per heavy atom. The normalized spacial score (nSPS) is 11.8. The second-order valence-electron chi connectivity index (χ2n) is 6.99. The molecule has 3 rings (SSSR count). The molecule has 120 valence electrons. The summed E-state index contributed by atoms with van der Waals surface area (Å²) < 4.78 is 8.18. The SMILES string of the molecule is Cc1ccc(OCCn2c(C(C)(C)C)nc3ccccc32)cc1. The molecule has 0 N–H and O–H groups in total. The van der Waals surface area contributed by atoms with Crippen LogP contribution in [0.15, 0.2) is 48.5 Å². The Labute approximate surface area is 137 Å². The molecular weight excluding hydrogens is 284 g/mol. The Morgan fingerprint density at radius 2 is 1.70 bits per heavy atom. The standard InChI is InChI=1S/C20H24N2O/c1-15-9-11-16(12-10-15)23-14-13-22-18-8-6-5-7-17(18)21-19(22)20(2,3)4/h5-12H,13-14H2,1-4H3. The van der Waals surface area contributed by atoms with Gasteiger partial charge < -0.3 is 9.30 Å². The molecule has 0 aliphatic carbocycles. The van der Waals surface area contributed by atoms with Crippen LogP contribution >= 0.6 is 0 Å². The Morgan fingerprint density at radius 3 is 2.39 bits per heavy atom. The van der Waals surface area contributed by atoms with Crippen molar-refractivity contribution in [2.75, 3.05) is 6.61 Å². The number of nitrogens with zero attached hydrogens (tertiary/aromatic N) is 2. The summed E-state index contributed by atoms with van der Waals surface area (Å²) in [7, 11) is 0. The number of benzene rings is 2. The molecule has 0 unspecified atom stereocenters. The number of aryl methyl sites for hydroxylation is 1. The van der Waals surface area contributed by atoms with Gasteiger partial charge >= 0.3 is 0 Å². The van der Waals surface area contributed by atoms with E-state index in [2.05, 4.69) is 62.6 Å². The first kappa shape index (κ1) is 15.6. The topological polar surface area (TPSA) is 27.1 Å². The van der Waals surface area contributed by atoms with Crippen LogP contribution in [-0.4, -0.2) is 16.2 Å². The van der Waals surface area contributed by atoms with Gasteiger partial charge in [-0.15, -0.1) is 0 Å². The molecule has 3 nitrogen and oxygen atoms in total. The third-order valence-electron chi connectivity index (χ3n) is 3.93. The average Bonchev–Trinajstić information content (AvgIpc) is 2.89. The van der Waals surface area contributed by atoms with Gasteiger partial charge in [0.1, 0.15) is 18.2 Å². The first-order valence-corrected chi connectivity index (χ1v) is 8.10. The molecule has 0 amide bonds. The number of ether oxygens (including phenoxy) is 1. The third kappa shape index (κ3) is 3.39. The zero-order valence-electron chi connectivity index (χ0n) is 14.3. The number of fused-ring (bicyclic) bond motifs is 1. The van der Waals surface area contributed by atoms with Gasteiger partial charge in [-0.05, 0) is 31.2 Å². The van der Waals surface area contributed by atoms with Crippen LogP contribution in [0.3, 0.4) is 0 Å². The van der Waals surface area contributed by atoms with Crippen LogP contribution in [0.2, 0.25) is 0 Å². The fourth-order valence-electron chi connectivity index (χ4n) is 2.76. The van der Waals surface area contributed by atoms with E-state index in [0.717, 1.165) is 23.6 Å². The molecule has 0 radical (unpaired) electrons. The van der Waals surface area contributed by atoms with E-state index >= 15 is 0 Å². The summed E-state index contributed by atoms with van der Waals surface area (Å²) in [5, 5.41) is 0. The predicted octanol–water partition coefficient (Wildman–Crippen LogP) is 4.72. The zero-order chi connectivity index (χ0) is 16.4. The molecule has 3 aromatic rings. The average molecular weight is 308 g/mol. The zero-order valence-corrected chi connectivity index (χ0v) is 14.3. The van der Waals surface area contributed by atoms with Gasteiger partial charge in [0.25, 0.3) is 0 Å². The van der Waals surface area contributed by atoms with Crippen LogP contribution in [0.25, 0.3) is 11.0 Å². The molecule has 0 aliphatic rings. The summed E-state index contributed by atoms with van der Waals surface area (Å²) in [4.78, 5) is 4.83. The summed E-state index contributed by atoms with van der Waals surface area (Å²) >= 11 is 0. The van der Waals surface area contributed by atoms with Crippen molar-refractivity contribution in [3.8, 4) is 5.75 Å². The molecular formula is C20H24N2O.